The SMILES string of the molecule is C=CC1=C(/C=C\C)CN(C(C)C)C1=O.CC(C)C. The third-order valence-corrected chi connectivity index (χ3v) is 2.37. The first-order valence-corrected chi connectivity index (χ1v) is 6.64. The van der Waals surface area contributed by atoms with Crippen LogP contribution in [-0.2, 0) is 4.79 Å². The molecule has 1 heterocycles. The first-order valence-electron chi connectivity index (χ1n) is 6.64. The lowest BCUT2D eigenvalue weighted by Gasteiger charge is -2.20. The molecular weight excluding hydrogens is 222 g/mol. The first-order chi connectivity index (χ1) is 8.34. The van der Waals surface area contributed by atoms with Crippen LogP contribution in [-0.4, -0.2) is 23.4 Å². The predicted molar refractivity (Wildman–Crippen MR) is 79.4 cm³/mol. The van der Waals surface area contributed by atoms with Crippen LogP contribution in [0.1, 0.15) is 41.5 Å². The second-order valence-corrected chi connectivity index (χ2v) is 5.40. The molecule has 18 heavy (non-hydrogen) atoms. The number of hydrogen-bond donors (Lipinski definition) is 0. The van der Waals surface area contributed by atoms with E-state index in [2.05, 4.69) is 27.4 Å². The minimum Gasteiger partial charge on any atom is -0.332 e. The highest BCUT2D eigenvalue weighted by Gasteiger charge is 2.28. The molecule has 0 aromatic heterocycles. The van der Waals surface area contributed by atoms with Crippen molar-refractivity contribution < 1.29 is 4.79 Å². The fourth-order valence-corrected chi connectivity index (χ4v) is 1.61. The molecule has 0 fully saturated rings. The van der Waals surface area contributed by atoms with E-state index >= 15 is 0 Å². The maximum absolute atomic E-state index is 11.8. The summed E-state index contributed by atoms with van der Waals surface area (Å²) in [6.45, 7) is 16.9. The van der Waals surface area contributed by atoms with E-state index in [0.717, 1.165) is 17.1 Å². The summed E-state index contributed by atoms with van der Waals surface area (Å²) in [6.07, 6.45) is 5.59. The Balaban J connectivity index is 0.000000631. The zero-order valence-corrected chi connectivity index (χ0v) is 12.7. The molecule has 1 amide bonds. The molecule has 0 aromatic rings. The van der Waals surface area contributed by atoms with E-state index in [1.165, 1.54) is 0 Å². The topological polar surface area (TPSA) is 20.3 Å². The summed E-state index contributed by atoms with van der Waals surface area (Å²) in [7, 11) is 0. The molecule has 0 radical (unpaired) electrons. The van der Waals surface area contributed by atoms with Crippen molar-refractivity contribution in [2.45, 2.75) is 47.6 Å². The van der Waals surface area contributed by atoms with Crippen LogP contribution in [0.15, 0.2) is 36.0 Å². The van der Waals surface area contributed by atoms with Gasteiger partial charge in [0.2, 0.25) is 0 Å². The quantitative estimate of drug-likeness (QED) is 0.741. The minimum atomic E-state index is 0.100. The van der Waals surface area contributed by atoms with E-state index in [9.17, 15) is 4.79 Å². The lowest BCUT2D eigenvalue weighted by atomic mass is 10.1. The third kappa shape index (κ3) is 4.91. The van der Waals surface area contributed by atoms with Gasteiger partial charge in [-0.05, 0) is 32.3 Å². The van der Waals surface area contributed by atoms with E-state index in [0.29, 0.717) is 6.54 Å². The van der Waals surface area contributed by atoms with Gasteiger partial charge in [-0.25, -0.2) is 0 Å². The van der Waals surface area contributed by atoms with Crippen LogP contribution in [0, 0.1) is 5.92 Å². The molecule has 0 spiro atoms. The summed E-state index contributed by atoms with van der Waals surface area (Å²) in [5.41, 5.74) is 1.82. The van der Waals surface area contributed by atoms with Gasteiger partial charge >= 0.3 is 0 Å². The Morgan fingerprint density at radius 1 is 1.22 bits per heavy atom. The van der Waals surface area contributed by atoms with E-state index in [1.54, 1.807) is 6.08 Å². The summed E-state index contributed by atoms with van der Waals surface area (Å²) in [5, 5.41) is 0. The molecule has 1 aliphatic rings. The monoisotopic (exact) mass is 249 g/mol. The summed E-state index contributed by atoms with van der Waals surface area (Å²) in [5.74, 6) is 0.933. The Bertz CT molecular complexity index is 345. The Kier molecular flexibility index (Phi) is 7.33. The van der Waals surface area contributed by atoms with Crippen LogP contribution in [0.3, 0.4) is 0 Å². The van der Waals surface area contributed by atoms with Gasteiger partial charge in [-0.1, -0.05) is 45.6 Å². The summed E-state index contributed by atoms with van der Waals surface area (Å²) >= 11 is 0. The molecule has 1 rings (SSSR count). The largest absolute Gasteiger partial charge is 0.332 e. The molecule has 102 valence electrons. The molecule has 1 aliphatic heterocycles. The van der Waals surface area contributed by atoms with Gasteiger partial charge in [0.1, 0.15) is 0 Å². The van der Waals surface area contributed by atoms with Gasteiger partial charge < -0.3 is 4.90 Å². The number of carbonyl (C=O) groups excluding carboxylic acids is 1. The van der Waals surface area contributed by atoms with Gasteiger partial charge in [-0.2, -0.15) is 0 Å². The smallest absolute Gasteiger partial charge is 0.254 e. The molecule has 2 nitrogen and oxygen atoms in total. The Morgan fingerprint density at radius 3 is 2.06 bits per heavy atom. The fraction of sp³-hybridized carbons (Fsp3) is 0.562. The lowest BCUT2D eigenvalue weighted by Crippen LogP contribution is -2.33. The predicted octanol–water partition coefficient (Wildman–Crippen LogP) is 3.96. The molecule has 0 bridgehead atoms. The van der Waals surface area contributed by atoms with Crippen LogP contribution in [0.4, 0.5) is 0 Å². The molecular formula is C16H27NO. The zero-order chi connectivity index (χ0) is 14.3. The molecule has 0 atom stereocenters. The Morgan fingerprint density at radius 2 is 1.72 bits per heavy atom. The maximum atomic E-state index is 11.8. The van der Waals surface area contributed by atoms with Gasteiger partial charge in [-0.3, -0.25) is 4.79 Å². The second-order valence-electron chi connectivity index (χ2n) is 5.40. The third-order valence-electron chi connectivity index (χ3n) is 2.37. The van der Waals surface area contributed by atoms with Crippen LogP contribution >= 0.6 is 0 Å². The number of rotatable bonds is 3. The van der Waals surface area contributed by atoms with Crippen molar-refractivity contribution in [3.05, 3.63) is 36.0 Å². The van der Waals surface area contributed by atoms with Crippen LogP contribution in [0.5, 0.6) is 0 Å². The number of carbonyl (C=O) groups is 1. The van der Waals surface area contributed by atoms with Crippen molar-refractivity contribution in [2.24, 2.45) is 5.92 Å². The van der Waals surface area contributed by atoms with E-state index in [-0.39, 0.29) is 11.9 Å². The summed E-state index contributed by atoms with van der Waals surface area (Å²) in [4.78, 5) is 13.7. The van der Waals surface area contributed by atoms with Gasteiger partial charge in [0.15, 0.2) is 0 Å². The molecule has 0 aliphatic carbocycles. The molecule has 0 saturated heterocycles. The maximum Gasteiger partial charge on any atom is 0.254 e. The van der Waals surface area contributed by atoms with Crippen molar-refractivity contribution >= 4 is 5.91 Å². The highest BCUT2D eigenvalue weighted by Crippen LogP contribution is 2.22. The number of nitrogens with zero attached hydrogens (tertiary/aromatic N) is 1. The fourth-order valence-electron chi connectivity index (χ4n) is 1.61. The minimum absolute atomic E-state index is 0.100. The summed E-state index contributed by atoms with van der Waals surface area (Å²) < 4.78 is 0. The zero-order valence-electron chi connectivity index (χ0n) is 12.7. The van der Waals surface area contributed by atoms with Gasteiger partial charge in [-0.15, -0.1) is 0 Å². The molecule has 0 saturated carbocycles. The second kappa shape index (κ2) is 7.91. The highest BCUT2D eigenvalue weighted by atomic mass is 16.2. The number of allylic oxidation sites excluding steroid dienone is 1. The standard InChI is InChI=1S/C12H17NO.C4H10/c1-5-7-10-8-13(9(3)4)12(14)11(10)6-2;1-4(2)3/h5-7,9H,2,8H2,1,3-4H3;4H,1-3H3/b7-5-;. The molecule has 0 unspecified atom stereocenters. The molecule has 0 aromatic carbocycles. The van der Waals surface area contributed by atoms with Crippen molar-refractivity contribution in [3.8, 4) is 0 Å². The highest BCUT2D eigenvalue weighted by molar-refractivity contribution is 6.00. The van der Waals surface area contributed by atoms with Crippen LogP contribution in [0.25, 0.3) is 0 Å². The van der Waals surface area contributed by atoms with Crippen molar-refractivity contribution in [2.75, 3.05) is 6.54 Å². The van der Waals surface area contributed by atoms with E-state index in [4.69, 9.17) is 0 Å². The Hall–Kier alpha value is -1.31. The van der Waals surface area contributed by atoms with Crippen molar-refractivity contribution in [3.63, 3.8) is 0 Å². The van der Waals surface area contributed by atoms with E-state index in [1.807, 2.05) is 37.8 Å². The van der Waals surface area contributed by atoms with Gasteiger partial charge in [0.25, 0.3) is 5.91 Å². The molecule has 2 heteroatoms. The van der Waals surface area contributed by atoms with Crippen LogP contribution in [0.2, 0.25) is 0 Å². The van der Waals surface area contributed by atoms with Gasteiger partial charge in [0.05, 0.1) is 0 Å². The normalized spacial score (nSPS) is 15.8. The van der Waals surface area contributed by atoms with Crippen molar-refractivity contribution in [1.82, 2.24) is 4.90 Å². The average molecular weight is 249 g/mol. The first kappa shape index (κ1) is 16.7. The Labute approximate surface area is 112 Å². The van der Waals surface area contributed by atoms with Gasteiger partial charge in [0, 0.05) is 18.2 Å². The number of amides is 1. The van der Waals surface area contributed by atoms with E-state index < -0.39 is 0 Å². The lowest BCUT2D eigenvalue weighted by molar-refractivity contribution is -0.126. The van der Waals surface area contributed by atoms with Crippen molar-refractivity contribution in [1.29, 1.82) is 0 Å². The molecule has 0 N–H and O–H groups in total. The number of hydrogen-bond acceptors (Lipinski definition) is 1. The average Bonchev–Trinajstić information content (AvgIpc) is 2.55. The van der Waals surface area contributed by atoms with Crippen LogP contribution < -0.4 is 0 Å². The summed E-state index contributed by atoms with van der Waals surface area (Å²) in [6, 6.07) is 0.250.